The summed E-state index contributed by atoms with van der Waals surface area (Å²) in [5.41, 5.74) is 3.92. The van der Waals surface area contributed by atoms with Crippen LogP contribution in [0.15, 0.2) is 0 Å². The molecule has 9 nitrogen and oxygen atoms in total. The standard InChI is InChI=1S/C24H48N8O/c1-18-3-2-4-19(15-18)21-6-10-32(30-21)24-28-22(27-7-5-20-17-25-8-9-26-20)16-23(29-24)31-11-13-33-14-12-31/h18-30H,2-17H2,1H3. The lowest BCUT2D eigenvalue weighted by Crippen LogP contribution is -2.72. The van der Waals surface area contributed by atoms with Crippen molar-refractivity contribution >= 4 is 0 Å². The second kappa shape index (κ2) is 12.1. The molecule has 7 unspecified atom stereocenters. The second-order valence-corrected chi connectivity index (χ2v) is 11.0. The summed E-state index contributed by atoms with van der Waals surface area (Å²) in [6, 6.07) is 1.22. The number of hydrogen-bond donors (Lipinski definition) is 6. The van der Waals surface area contributed by atoms with Gasteiger partial charge in [0.2, 0.25) is 0 Å². The van der Waals surface area contributed by atoms with Crippen molar-refractivity contribution in [3.05, 3.63) is 0 Å². The Morgan fingerprint density at radius 1 is 1.00 bits per heavy atom. The van der Waals surface area contributed by atoms with E-state index in [4.69, 9.17) is 4.74 Å². The van der Waals surface area contributed by atoms with Crippen molar-refractivity contribution < 1.29 is 4.74 Å². The van der Waals surface area contributed by atoms with Crippen LogP contribution in [0, 0.1) is 11.8 Å². The zero-order chi connectivity index (χ0) is 22.5. The average Bonchev–Trinajstić information content (AvgIpc) is 3.36. The van der Waals surface area contributed by atoms with Crippen molar-refractivity contribution in [1.29, 1.82) is 0 Å². The number of hydrogen-bond acceptors (Lipinski definition) is 9. The number of nitrogens with one attached hydrogen (secondary N) is 6. The number of rotatable bonds is 7. The maximum absolute atomic E-state index is 5.63. The molecule has 0 spiro atoms. The Labute approximate surface area is 200 Å². The van der Waals surface area contributed by atoms with Gasteiger partial charge in [0.1, 0.15) is 6.29 Å². The molecule has 1 aliphatic carbocycles. The molecule has 4 heterocycles. The molecule has 33 heavy (non-hydrogen) atoms. The van der Waals surface area contributed by atoms with Crippen LogP contribution in [-0.2, 0) is 4.74 Å². The zero-order valence-electron chi connectivity index (χ0n) is 20.7. The first kappa shape index (κ1) is 24.3. The lowest BCUT2D eigenvalue weighted by atomic mass is 9.78. The van der Waals surface area contributed by atoms with E-state index in [0.29, 0.717) is 24.4 Å². The molecule has 5 rings (SSSR count). The molecular weight excluding hydrogens is 416 g/mol. The Balaban J connectivity index is 1.16. The quantitative estimate of drug-likeness (QED) is 0.306. The molecule has 5 fully saturated rings. The third kappa shape index (κ3) is 6.65. The van der Waals surface area contributed by atoms with Crippen LogP contribution in [-0.4, -0.2) is 99.6 Å². The number of hydrazine groups is 1. The van der Waals surface area contributed by atoms with Crippen molar-refractivity contribution in [3.8, 4) is 0 Å². The Bertz CT molecular complexity index is 585. The highest BCUT2D eigenvalue weighted by Crippen LogP contribution is 2.33. The van der Waals surface area contributed by atoms with Crippen molar-refractivity contribution in [2.75, 3.05) is 59.0 Å². The normalized spacial score (nSPS) is 41.9. The van der Waals surface area contributed by atoms with E-state index in [9.17, 15) is 0 Å². The molecule has 6 N–H and O–H groups in total. The second-order valence-electron chi connectivity index (χ2n) is 11.0. The van der Waals surface area contributed by atoms with E-state index in [1.54, 1.807) is 0 Å². The van der Waals surface area contributed by atoms with Crippen molar-refractivity contribution in [2.24, 2.45) is 11.8 Å². The lowest BCUT2D eigenvalue weighted by molar-refractivity contribution is -0.0390. The van der Waals surface area contributed by atoms with Crippen LogP contribution < -0.4 is 32.0 Å². The Kier molecular flexibility index (Phi) is 8.89. The third-order valence-corrected chi connectivity index (χ3v) is 8.53. The number of morpholine rings is 1. The molecule has 1 saturated carbocycles. The van der Waals surface area contributed by atoms with E-state index in [1.807, 2.05) is 0 Å². The molecule has 0 aromatic heterocycles. The van der Waals surface area contributed by atoms with Crippen LogP contribution in [0.25, 0.3) is 0 Å². The van der Waals surface area contributed by atoms with Crippen molar-refractivity contribution in [1.82, 2.24) is 41.9 Å². The topological polar surface area (TPSA) is 87.9 Å². The van der Waals surface area contributed by atoms with E-state index < -0.39 is 0 Å². The minimum absolute atomic E-state index is 0.157. The van der Waals surface area contributed by atoms with Gasteiger partial charge < -0.3 is 20.7 Å². The molecular formula is C24H48N8O. The Hall–Kier alpha value is -0.360. The fourth-order valence-corrected chi connectivity index (χ4v) is 6.61. The molecule has 5 aliphatic rings. The smallest absolute Gasteiger partial charge is 0.129 e. The summed E-state index contributed by atoms with van der Waals surface area (Å²) < 4.78 is 5.63. The van der Waals surface area contributed by atoms with Gasteiger partial charge in [-0.3, -0.25) is 15.5 Å². The van der Waals surface area contributed by atoms with Gasteiger partial charge in [-0.1, -0.05) is 19.8 Å². The van der Waals surface area contributed by atoms with Crippen LogP contribution >= 0.6 is 0 Å². The van der Waals surface area contributed by atoms with Crippen LogP contribution in [0.4, 0.5) is 0 Å². The molecule has 0 aromatic rings. The lowest BCUT2D eigenvalue weighted by Gasteiger charge is -2.46. The van der Waals surface area contributed by atoms with Gasteiger partial charge in [0.15, 0.2) is 0 Å². The summed E-state index contributed by atoms with van der Waals surface area (Å²) >= 11 is 0. The highest BCUT2D eigenvalue weighted by Gasteiger charge is 2.39. The number of piperazine rings is 1. The summed E-state index contributed by atoms with van der Waals surface area (Å²) in [6.45, 7) is 11.6. The molecule has 190 valence electrons. The van der Waals surface area contributed by atoms with Crippen molar-refractivity contribution in [2.45, 2.75) is 82.6 Å². The minimum atomic E-state index is 0.157. The van der Waals surface area contributed by atoms with Crippen molar-refractivity contribution in [3.63, 3.8) is 0 Å². The van der Waals surface area contributed by atoms with Crippen LogP contribution in [0.1, 0.15) is 51.9 Å². The van der Waals surface area contributed by atoms with E-state index in [2.05, 4.69) is 48.8 Å². The summed E-state index contributed by atoms with van der Waals surface area (Å²) in [6.07, 6.45) is 9.95. The Morgan fingerprint density at radius 2 is 1.91 bits per heavy atom. The van der Waals surface area contributed by atoms with Gasteiger partial charge in [0.25, 0.3) is 0 Å². The number of nitrogens with zero attached hydrogens (tertiary/aromatic N) is 2. The maximum atomic E-state index is 5.63. The number of ether oxygens (including phenoxy) is 1. The fraction of sp³-hybridized carbons (Fsp3) is 1.00. The largest absolute Gasteiger partial charge is 0.379 e. The predicted octanol–water partition coefficient (Wildman–Crippen LogP) is -0.216. The van der Waals surface area contributed by atoms with Gasteiger partial charge in [-0.15, -0.1) is 0 Å². The zero-order valence-corrected chi connectivity index (χ0v) is 20.7. The van der Waals surface area contributed by atoms with Gasteiger partial charge in [0, 0.05) is 57.8 Å². The van der Waals surface area contributed by atoms with Gasteiger partial charge in [-0.25, -0.2) is 10.4 Å². The molecule has 4 saturated heterocycles. The SMILES string of the molecule is CC1CCCC(C2CCN(C3NC(NCCC4CNCCN4)CC(N4CCOCC4)N3)N2)C1. The van der Waals surface area contributed by atoms with Crippen LogP contribution in [0.5, 0.6) is 0 Å². The van der Waals surface area contributed by atoms with E-state index in [1.165, 1.54) is 32.1 Å². The summed E-state index contributed by atoms with van der Waals surface area (Å²) in [5.74, 6) is 1.72. The van der Waals surface area contributed by atoms with E-state index in [0.717, 1.165) is 83.7 Å². The minimum Gasteiger partial charge on any atom is -0.379 e. The first-order valence-electron chi connectivity index (χ1n) is 13.8. The molecule has 0 amide bonds. The predicted molar refractivity (Wildman–Crippen MR) is 131 cm³/mol. The molecule has 0 radical (unpaired) electrons. The summed E-state index contributed by atoms with van der Waals surface area (Å²) in [7, 11) is 0. The average molecular weight is 465 g/mol. The molecule has 0 aromatic carbocycles. The highest BCUT2D eigenvalue weighted by molar-refractivity contribution is 4.91. The van der Waals surface area contributed by atoms with Gasteiger partial charge in [-0.05, 0) is 44.1 Å². The molecule has 9 heteroatoms. The van der Waals surface area contributed by atoms with Gasteiger partial charge in [0.05, 0.1) is 25.5 Å². The third-order valence-electron chi connectivity index (χ3n) is 8.53. The summed E-state index contributed by atoms with van der Waals surface area (Å²) in [5, 5.41) is 21.2. The van der Waals surface area contributed by atoms with Gasteiger partial charge in [-0.2, -0.15) is 0 Å². The van der Waals surface area contributed by atoms with Crippen LogP contribution in [0.2, 0.25) is 0 Å². The monoisotopic (exact) mass is 464 g/mol. The fourth-order valence-electron chi connectivity index (χ4n) is 6.61. The first-order chi connectivity index (χ1) is 16.2. The molecule has 0 bridgehead atoms. The molecule has 7 atom stereocenters. The Morgan fingerprint density at radius 3 is 2.73 bits per heavy atom. The van der Waals surface area contributed by atoms with Crippen LogP contribution in [0.3, 0.4) is 0 Å². The van der Waals surface area contributed by atoms with Gasteiger partial charge >= 0.3 is 0 Å². The molecule has 4 aliphatic heterocycles. The van der Waals surface area contributed by atoms with E-state index >= 15 is 0 Å². The maximum Gasteiger partial charge on any atom is 0.129 e. The van der Waals surface area contributed by atoms with E-state index in [-0.39, 0.29) is 6.29 Å². The highest BCUT2D eigenvalue weighted by atomic mass is 16.5. The summed E-state index contributed by atoms with van der Waals surface area (Å²) in [4.78, 5) is 2.58. The first-order valence-corrected chi connectivity index (χ1v) is 13.8.